The molecule has 3 nitrogen and oxygen atoms in total. The van der Waals surface area contributed by atoms with Crippen LogP contribution < -0.4 is 5.73 Å². The first-order valence-corrected chi connectivity index (χ1v) is 9.01. The molecule has 0 radical (unpaired) electrons. The molecule has 0 saturated carbocycles. The minimum absolute atomic E-state index is 0.670. The molecule has 23 heavy (non-hydrogen) atoms. The zero-order chi connectivity index (χ0) is 15.6. The van der Waals surface area contributed by atoms with Crippen molar-refractivity contribution in [3.8, 4) is 0 Å². The Labute approximate surface area is 140 Å². The number of aromatic nitrogens is 1. The van der Waals surface area contributed by atoms with E-state index in [4.69, 9.17) is 5.73 Å². The third-order valence-electron chi connectivity index (χ3n) is 4.80. The number of thiazole rings is 1. The fourth-order valence-electron chi connectivity index (χ4n) is 3.62. The minimum atomic E-state index is 0.670. The maximum absolute atomic E-state index is 5.72. The lowest BCUT2D eigenvalue weighted by Crippen LogP contribution is -2.32. The van der Waals surface area contributed by atoms with Gasteiger partial charge in [0, 0.05) is 17.6 Å². The molecular weight excluding hydrogens is 302 g/mol. The number of nitrogens with two attached hydrogens (primary N) is 1. The number of hydrogen-bond acceptors (Lipinski definition) is 4. The zero-order valence-corrected chi connectivity index (χ0v) is 13.9. The molecule has 0 spiro atoms. The molecule has 3 aromatic rings. The van der Waals surface area contributed by atoms with E-state index in [2.05, 4.69) is 52.3 Å². The second-order valence-electron chi connectivity index (χ2n) is 6.28. The fourth-order valence-corrected chi connectivity index (χ4v) is 4.35. The Morgan fingerprint density at radius 1 is 1.09 bits per heavy atom. The third-order valence-corrected chi connectivity index (χ3v) is 5.61. The second kappa shape index (κ2) is 6.30. The van der Waals surface area contributed by atoms with Crippen LogP contribution in [0.15, 0.2) is 48.7 Å². The van der Waals surface area contributed by atoms with Crippen LogP contribution >= 0.6 is 11.3 Å². The van der Waals surface area contributed by atoms with E-state index in [0.717, 1.165) is 19.6 Å². The van der Waals surface area contributed by atoms with E-state index in [0.29, 0.717) is 11.0 Å². The summed E-state index contributed by atoms with van der Waals surface area (Å²) in [6.45, 7) is 3.27. The van der Waals surface area contributed by atoms with Gasteiger partial charge in [0.1, 0.15) is 0 Å². The van der Waals surface area contributed by atoms with Crippen molar-refractivity contribution in [1.82, 2.24) is 9.88 Å². The van der Waals surface area contributed by atoms with Gasteiger partial charge in [-0.3, -0.25) is 4.90 Å². The van der Waals surface area contributed by atoms with Crippen LogP contribution in [0.25, 0.3) is 10.8 Å². The average Bonchev–Trinajstić information content (AvgIpc) is 3.00. The molecule has 2 N–H and O–H groups in total. The molecule has 1 fully saturated rings. The van der Waals surface area contributed by atoms with Crippen LogP contribution in [0.1, 0.15) is 29.2 Å². The molecule has 2 heterocycles. The van der Waals surface area contributed by atoms with Gasteiger partial charge >= 0.3 is 0 Å². The molecule has 1 aromatic heterocycles. The topological polar surface area (TPSA) is 42.1 Å². The Bertz CT molecular complexity index is 798. The van der Waals surface area contributed by atoms with Gasteiger partial charge in [-0.1, -0.05) is 42.5 Å². The number of nitrogen functional groups attached to an aromatic ring is 1. The SMILES string of the molecule is Nc1ncc(CN2CCC(c3cccc4ccccc34)CC2)s1. The second-order valence-corrected chi connectivity index (χ2v) is 7.43. The largest absolute Gasteiger partial charge is 0.375 e. The third kappa shape index (κ3) is 3.09. The molecular formula is C19H21N3S. The molecule has 0 atom stereocenters. The number of rotatable bonds is 3. The molecule has 0 amide bonds. The van der Waals surface area contributed by atoms with Gasteiger partial charge in [0.15, 0.2) is 5.13 Å². The van der Waals surface area contributed by atoms with Crippen molar-refractivity contribution in [2.24, 2.45) is 0 Å². The summed E-state index contributed by atoms with van der Waals surface area (Å²) in [5, 5.41) is 3.45. The normalized spacial score (nSPS) is 16.9. The van der Waals surface area contributed by atoms with E-state index in [1.165, 1.54) is 34.1 Å². The minimum Gasteiger partial charge on any atom is -0.375 e. The molecule has 0 unspecified atom stereocenters. The number of piperidine rings is 1. The molecule has 4 heteroatoms. The lowest BCUT2D eigenvalue weighted by Gasteiger charge is -2.32. The van der Waals surface area contributed by atoms with Crippen LogP contribution in [0.3, 0.4) is 0 Å². The Morgan fingerprint density at radius 3 is 2.65 bits per heavy atom. The number of likely N-dealkylation sites (tertiary alicyclic amines) is 1. The van der Waals surface area contributed by atoms with Crippen molar-refractivity contribution in [3.63, 3.8) is 0 Å². The van der Waals surface area contributed by atoms with Crippen molar-refractivity contribution in [2.75, 3.05) is 18.8 Å². The summed E-state index contributed by atoms with van der Waals surface area (Å²) >= 11 is 1.61. The van der Waals surface area contributed by atoms with Crippen LogP contribution in [-0.4, -0.2) is 23.0 Å². The van der Waals surface area contributed by atoms with Gasteiger partial charge in [0.05, 0.1) is 0 Å². The van der Waals surface area contributed by atoms with Crippen LogP contribution in [0, 0.1) is 0 Å². The highest BCUT2D eigenvalue weighted by molar-refractivity contribution is 7.15. The summed E-state index contributed by atoms with van der Waals surface area (Å²) < 4.78 is 0. The lowest BCUT2D eigenvalue weighted by molar-refractivity contribution is 0.206. The van der Waals surface area contributed by atoms with E-state index in [1.807, 2.05) is 6.20 Å². The van der Waals surface area contributed by atoms with Gasteiger partial charge in [-0.25, -0.2) is 4.98 Å². The van der Waals surface area contributed by atoms with Crippen molar-refractivity contribution in [1.29, 1.82) is 0 Å². The number of fused-ring (bicyclic) bond motifs is 1. The summed E-state index contributed by atoms with van der Waals surface area (Å²) in [5.41, 5.74) is 7.24. The molecule has 1 saturated heterocycles. The van der Waals surface area contributed by atoms with Crippen molar-refractivity contribution in [3.05, 3.63) is 59.1 Å². The first kappa shape index (κ1) is 14.7. The zero-order valence-electron chi connectivity index (χ0n) is 13.1. The number of hydrogen-bond donors (Lipinski definition) is 1. The molecule has 0 bridgehead atoms. The van der Waals surface area contributed by atoms with Gasteiger partial charge in [-0.05, 0) is 48.2 Å². The van der Waals surface area contributed by atoms with Crippen molar-refractivity contribution in [2.45, 2.75) is 25.3 Å². The van der Waals surface area contributed by atoms with Crippen molar-refractivity contribution >= 4 is 27.2 Å². The molecule has 1 aliphatic heterocycles. The van der Waals surface area contributed by atoms with Crippen LogP contribution in [0.5, 0.6) is 0 Å². The maximum atomic E-state index is 5.72. The summed E-state index contributed by atoms with van der Waals surface area (Å²) in [5.74, 6) is 0.670. The number of nitrogens with zero attached hydrogens (tertiary/aromatic N) is 2. The average molecular weight is 323 g/mol. The molecule has 0 aliphatic carbocycles. The lowest BCUT2D eigenvalue weighted by atomic mass is 9.86. The smallest absolute Gasteiger partial charge is 0.180 e. The van der Waals surface area contributed by atoms with Gasteiger partial charge in [0.25, 0.3) is 0 Å². The Kier molecular flexibility index (Phi) is 4.02. The van der Waals surface area contributed by atoms with Crippen LogP contribution in [0.2, 0.25) is 0 Å². The standard InChI is InChI=1S/C19H21N3S/c20-19-21-12-16(23-19)13-22-10-8-15(9-11-22)18-7-3-5-14-4-1-2-6-17(14)18/h1-7,12,15H,8-11,13H2,(H2,20,21). The molecule has 4 rings (SSSR count). The summed E-state index contributed by atoms with van der Waals surface area (Å²) in [6.07, 6.45) is 4.36. The van der Waals surface area contributed by atoms with E-state index in [-0.39, 0.29) is 0 Å². The van der Waals surface area contributed by atoms with E-state index in [9.17, 15) is 0 Å². The monoisotopic (exact) mass is 323 g/mol. The van der Waals surface area contributed by atoms with Gasteiger partial charge in [0.2, 0.25) is 0 Å². The van der Waals surface area contributed by atoms with E-state index in [1.54, 1.807) is 11.3 Å². The quantitative estimate of drug-likeness (QED) is 0.783. The first-order chi connectivity index (χ1) is 11.3. The Morgan fingerprint density at radius 2 is 1.87 bits per heavy atom. The molecule has 1 aliphatic rings. The maximum Gasteiger partial charge on any atom is 0.180 e. The summed E-state index contributed by atoms with van der Waals surface area (Å²) in [4.78, 5) is 7.94. The predicted molar refractivity (Wildman–Crippen MR) is 97.7 cm³/mol. The Balaban J connectivity index is 1.46. The number of benzene rings is 2. The van der Waals surface area contributed by atoms with E-state index >= 15 is 0 Å². The predicted octanol–water partition coefficient (Wildman–Crippen LogP) is 4.26. The summed E-state index contributed by atoms with van der Waals surface area (Å²) in [6, 6.07) is 15.5. The van der Waals surface area contributed by atoms with Crippen LogP contribution in [-0.2, 0) is 6.54 Å². The van der Waals surface area contributed by atoms with Gasteiger partial charge < -0.3 is 5.73 Å². The molecule has 118 valence electrons. The van der Waals surface area contributed by atoms with Gasteiger partial charge in [-0.2, -0.15) is 0 Å². The number of anilines is 1. The van der Waals surface area contributed by atoms with Gasteiger partial charge in [-0.15, -0.1) is 11.3 Å². The molecule has 2 aromatic carbocycles. The highest BCUT2D eigenvalue weighted by atomic mass is 32.1. The summed E-state index contributed by atoms with van der Waals surface area (Å²) in [7, 11) is 0. The highest BCUT2D eigenvalue weighted by Gasteiger charge is 2.22. The van der Waals surface area contributed by atoms with Crippen molar-refractivity contribution < 1.29 is 0 Å². The van der Waals surface area contributed by atoms with Crippen LogP contribution in [0.4, 0.5) is 5.13 Å². The highest BCUT2D eigenvalue weighted by Crippen LogP contribution is 2.33. The van der Waals surface area contributed by atoms with E-state index < -0.39 is 0 Å². The first-order valence-electron chi connectivity index (χ1n) is 8.20. The fraction of sp³-hybridized carbons (Fsp3) is 0.316. The Hall–Kier alpha value is -1.91.